The zero-order chi connectivity index (χ0) is 31.9. The van der Waals surface area contributed by atoms with Crippen LogP contribution in [0.25, 0.3) is 10.8 Å². The Morgan fingerprint density at radius 2 is 1.47 bits per heavy atom. The van der Waals surface area contributed by atoms with E-state index in [-0.39, 0.29) is 96.8 Å². The van der Waals surface area contributed by atoms with Crippen LogP contribution < -0.4 is 11.1 Å². The number of azo groups is 1. The van der Waals surface area contributed by atoms with Crippen LogP contribution in [0.5, 0.6) is 0 Å². The third-order valence-electron chi connectivity index (χ3n) is 6.05. The van der Waals surface area contributed by atoms with Crippen molar-refractivity contribution < 1.29 is 39.2 Å². The van der Waals surface area contributed by atoms with Crippen molar-refractivity contribution >= 4 is 145 Å². The van der Waals surface area contributed by atoms with Crippen LogP contribution in [0, 0.1) is 6.92 Å². The standard InChI is InChI=1S/C26H21BrN4O9S3.2Na/c1-14-3-6-18(13-23(14)43(38,39)40)41(33,34)24-12-17(29-26(32)15(2)27)5-10-22(24)30-31-25-20-8-7-19(42(35,36)37)11-16(20)4-9-21(25)28;;/h3-13H,2,28H2,1H3,(H,29,32)(H,35,36,37)(H,38,39,40);;. The molecule has 0 aromatic heterocycles. The van der Waals surface area contributed by atoms with E-state index in [9.17, 15) is 39.2 Å². The summed E-state index contributed by atoms with van der Waals surface area (Å²) < 4.78 is 93.4. The monoisotopic (exact) mass is 754 g/mol. The van der Waals surface area contributed by atoms with Crippen molar-refractivity contribution in [3.05, 3.63) is 83.4 Å². The van der Waals surface area contributed by atoms with Gasteiger partial charge in [0.15, 0.2) is 0 Å². The number of nitrogens with one attached hydrogen (secondary N) is 1. The summed E-state index contributed by atoms with van der Waals surface area (Å²) in [4.78, 5) is 10.2. The number of sulfone groups is 1. The molecule has 0 aliphatic carbocycles. The summed E-state index contributed by atoms with van der Waals surface area (Å²) in [6, 6.07) is 13.4. The number of nitrogens with two attached hydrogens (primary N) is 1. The summed E-state index contributed by atoms with van der Waals surface area (Å²) in [6.07, 6.45) is 0. The van der Waals surface area contributed by atoms with E-state index in [0.717, 1.165) is 24.3 Å². The number of hydrogen-bond donors (Lipinski definition) is 4. The minimum atomic E-state index is -4.77. The Morgan fingerprint density at radius 3 is 2.07 bits per heavy atom. The topological polar surface area (TPSA) is 223 Å². The van der Waals surface area contributed by atoms with Crippen molar-refractivity contribution in [1.29, 1.82) is 0 Å². The molecule has 5 N–H and O–H groups in total. The van der Waals surface area contributed by atoms with Gasteiger partial charge in [-0.25, -0.2) is 8.42 Å². The Kier molecular flexibility index (Phi) is 12.9. The van der Waals surface area contributed by atoms with E-state index in [0.29, 0.717) is 10.8 Å². The van der Waals surface area contributed by atoms with Gasteiger partial charge in [0.2, 0.25) is 9.84 Å². The van der Waals surface area contributed by atoms with E-state index in [1.165, 1.54) is 49.4 Å². The molecule has 0 spiro atoms. The molecule has 0 atom stereocenters. The molecule has 0 fully saturated rings. The van der Waals surface area contributed by atoms with Gasteiger partial charge in [-0.1, -0.05) is 24.8 Å². The van der Waals surface area contributed by atoms with Crippen LogP contribution in [-0.4, -0.2) is 99.4 Å². The molecular formula is C26H21BrN4Na2O9S3. The second kappa shape index (κ2) is 14.8. The summed E-state index contributed by atoms with van der Waals surface area (Å²) in [5, 5.41) is 11.3. The van der Waals surface area contributed by atoms with Crippen LogP contribution in [0.2, 0.25) is 0 Å². The molecule has 0 unspecified atom stereocenters. The molecule has 13 nitrogen and oxygen atoms in total. The zero-order valence-corrected chi connectivity index (χ0v) is 31.9. The van der Waals surface area contributed by atoms with Gasteiger partial charge >= 0.3 is 0 Å². The number of anilines is 2. The van der Waals surface area contributed by atoms with Gasteiger partial charge in [0.25, 0.3) is 26.1 Å². The minimum Gasteiger partial charge on any atom is -0.397 e. The summed E-state index contributed by atoms with van der Waals surface area (Å²) in [5.41, 5.74) is 6.13. The molecule has 4 rings (SSSR count). The molecule has 4 aromatic rings. The maximum absolute atomic E-state index is 13.8. The Balaban J connectivity index is 0.00000353. The average Bonchev–Trinajstić information content (AvgIpc) is 2.91. The number of amides is 1. The summed E-state index contributed by atoms with van der Waals surface area (Å²) >= 11 is 2.93. The fourth-order valence-electron chi connectivity index (χ4n) is 3.93. The second-order valence-corrected chi connectivity index (χ2v) is 14.7. The van der Waals surface area contributed by atoms with Gasteiger partial charge in [0.1, 0.15) is 16.3 Å². The first-order valence-electron chi connectivity index (χ1n) is 11.7. The van der Waals surface area contributed by atoms with Crippen LogP contribution >= 0.6 is 15.9 Å². The molecule has 0 bridgehead atoms. The fraction of sp³-hybridized carbons (Fsp3) is 0.0385. The van der Waals surface area contributed by atoms with E-state index < -0.39 is 50.7 Å². The van der Waals surface area contributed by atoms with Crippen molar-refractivity contribution in [2.24, 2.45) is 10.2 Å². The van der Waals surface area contributed by atoms with Gasteiger partial charge in [-0.05, 0) is 82.3 Å². The third-order valence-corrected chi connectivity index (χ3v) is 10.0. The van der Waals surface area contributed by atoms with Crippen molar-refractivity contribution in [3.63, 3.8) is 0 Å². The Bertz CT molecular complexity index is 2210. The Labute approximate surface area is 311 Å². The molecule has 2 radical (unpaired) electrons. The number of nitrogens with zero attached hydrogens (tertiary/aromatic N) is 2. The molecule has 226 valence electrons. The third kappa shape index (κ3) is 8.88. The van der Waals surface area contributed by atoms with Gasteiger partial charge in [0.05, 0.1) is 24.9 Å². The van der Waals surface area contributed by atoms with E-state index >= 15 is 0 Å². The van der Waals surface area contributed by atoms with Crippen LogP contribution in [0.15, 0.2) is 108 Å². The number of rotatable bonds is 8. The molecule has 0 aliphatic rings. The molecule has 0 saturated carbocycles. The number of carbonyl (C=O) groups is 1. The first-order chi connectivity index (χ1) is 19.9. The maximum atomic E-state index is 13.8. The van der Waals surface area contributed by atoms with Crippen molar-refractivity contribution in [2.45, 2.75) is 26.5 Å². The Morgan fingerprint density at radius 1 is 0.822 bits per heavy atom. The summed E-state index contributed by atoms with van der Waals surface area (Å²) in [7, 11) is -13.8. The van der Waals surface area contributed by atoms with Crippen molar-refractivity contribution in [3.8, 4) is 0 Å². The quantitative estimate of drug-likeness (QED) is 0.0645. The summed E-state index contributed by atoms with van der Waals surface area (Å²) in [5.74, 6) is -0.672. The molecule has 0 heterocycles. The predicted molar refractivity (Wildman–Crippen MR) is 173 cm³/mol. The molecular weight excluding hydrogens is 734 g/mol. The predicted octanol–water partition coefficient (Wildman–Crippen LogP) is 4.56. The number of fused-ring (bicyclic) bond motifs is 1. The molecule has 4 aromatic carbocycles. The molecule has 19 heteroatoms. The van der Waals surface area contributed by atoms with Gasteiger partial charge in [0, 0.05) is 70.2 Å². The van der Waals surface area contributed by atoms with Gasteiger partial charge in [-0.15, -0.1) is 10.2 Å². The number of nitrogen functional groups attached to an aromatic ring is 1. The first-order valence-corrected chi connectivity index (χ1v) is 16.9. The minimum absolute atomic E-state index is 0. The number of hydrogen-bond acceptors (Lipinski definition) is 10. The SMILES string of the molecule is C=C(Br)C(=O)Nc1ccc(N=Nc2c(N)ccc3cc(S(=O)(=O)O)ccc23)c(S(=O)(=O)c2ccc(C)c(S(=O)(=O)O)c2)c1.[Na].[Na]. The van der Waals surface area contributed by atoms with Crippen LogP contribution in [0.4, 0.5) is 22.7 Å². The zero-order valence-electron chi connectivity index (χ0n) is 23.9. The molecule has 45 heavy (non-hydrogen) atoms. The second-order valence-electron chi connectivity index (χ2n) is 9.01. The van der Waals surface area contributed by atoms with Gasteiger partial charge in [-0.2, -0.15) is 16.8 Å². The van der Waals surface area contributed by atoms with E-state index in [2.05, 4.69) is 38.1 Å². The van der Waals surface area contributed by atoms with Crippen molar-refractivity contribution in [2.75, 3.05) is 11.1 Å². The maximum Gasteiger partial charge on any atom is 0.294 e. The van der Waals surface area contributed by atoms with E-state index in [1.54, 1.807) is 0 Å². The molecule has 0 aliphatic heterocycles. The van der Waals surface area contributed by atoms with Gasteiger partial charge in [-0.3, -0.25) is 13.9 Å². The normalized spacial score (nSPS) is 11.9. The number of carbonyl (C=O) groups excluding carboxylic acids is 1. The average molecular weight is 756 g/mol. The Hall–Kier alpha value is -2.00. The van der Waals surface area contributed by atoms with Crippen LogP contribution in [-0.2, 0) is 34.9 Å². The largest absolute Gasteiger partial charge is 0.397 e. The number of benzene rings is 4. The fourth-order valence-corrected chi connectivity index (χ4v) is 6.81. The first kappa shape index (κ1) is 39.2. The smallest absolute Gasteiger partial charge is 0.294 e. The van der Waals surface area contributed by atoms with E-state index in [4.69, 9.17) is 5.73 Å². The summed E-state index contributed by atoms with van der Waals surface area (Å²) in [6.45, 7) is 4.83. The number of halogens is 1. The molecule has 1 amide bonds. The van der Waals surface area contributed by atoms with E-state index in [1.807, 2.05) is 0 Å². The van der Waals surface area contributed by atoms with Crippen LogP contribution in [0.1, 0.15) is 5.56 Å². The van der Waals surface area contributed by atoms with Crippen LogP contribution in [0.3, 0.4) is 0 Å². The number of aryl methyl sites for hydroxylation is 1. The molecule has 0 saturated heterocycles. The van der Waals surface area contributed by atoms with Crippen molar-refractivity contribution in [1.82, 2.24) is 0 Å². The van der Waals surface area contributed by atoms with Gasteiger partial charge < -0.3 is 11.1 Å².